The van der Waals surface area contributed by atoms with Crippen LogP contribution in [0, 0.1) is 5.92 Å². The fourth-order valence-corrected chi connectivity index (χ4v) is 4.67. The Kier molecular flexibility index (Phi) is 8.21. The number of benzene rings is 2. The smallest absolute Gasteiger partial charge is 0.351 e. The van der Waals surface area contributed by atoms with Crippen molar-refractivity contribution in [3.05, 3.63) is 69.6 Å². The molecule has 0 atom stereocenters. The largest absolute Gasteiger partial charge is 0.393 e. The molecule has 1 fully saturated rings. The van der Waals surface area contributed by atoms with Gasteiger partial charge in [-0.1, -0.05) is 49.7 Å². The van der Waals surface area contributed by atoms with E-state index in [1.165, 1.54) is 14.8 Å². The SMILES string of the molecule is CC(C)CC(=O)Cn1c(-c2cccc(Cl)c2)nn(-c2ccc(CCN3CCC(O)CC3)cc2)c1=O. The first-order valence-corrected chi connectivity index (χ1v) is 12.6. The van der Waals surface area contributed by atoms with Crippen molar-refractivity contribution in [2.24, 2.45) is 5.92 Å². The van der Waals surface area contributed by atoms with Crippen molar-refractivity contribution in [3.63, 3.8) is 0 Å². The van der Waals surface area contributed by atoms with Crippen LogP contribution in [0.3, 0.4) is 0 Å². The van der Waals surface area contributed by atoms with Crippen molar-refractivity contribution in [1.29, 1.82) is 0 Å². The molecule has 2 aromatic carbocycles. The molecular weight excluding hydrogens is 464 g/mol. The maximum Gasteiger partial charge on any atom is 0.351 e. The number of aliphatic hydroxyl groups is 1. The summed E-state index contributed by atoms with van der Waals surface area (Å²) >= 11 is 6.19. The molecule has 0 radical (unpaired) electrons. The number of ketones is 1. The predicted octanol–water partition coefficient (Wildman–Crippen LogP) is 3.97. The van der Waals surface area contributed by atoms with Gasteiger partial charge in [-0.05, 0) is 55.0 Å². The molecule has 0 spiro atoms. The zero-order chi connectivity index (χ0) is 24.9. The number of Topliss-reactive ketones (excluding diaryl/α,β-unsaturated/α-hetero) is 1. The average molecular weight is 497 g/mol. The van der Waals surface area contributed by atoms with Crippen LogP contribution in [0.25, 0.3) is 17.1 Å². The number of hydrogen-bond donors (Lipinski definition) is 1. The quantitative estimate of drug-likeness (QED) is 0.485. The van der Waals surface area contributed by atoms with Crippen LogP contribution in [0.1, 0.15) is 38.7 Å². The van der Waals surface area contributed by atoms with E-state index in [9.17, 15) is 14.7 Å². The van der Waals surface area contributed by atoms with Crippen LogP contribution in [0.4, 0.5) is 0 Å². The van der Waals surface area contributed by atoms with Crippen molar-refractivity contribution in [2.75, 3.05) is 19.6 Å². The van der Waals surface area contributed by atoms with Gasteiger partial charge in [-0.2, -0.15) is 4.68 Å². The van der Waals surface area contributed by atoms with Gasteiger partial charge in [-0.25, -0.2) is 4.79 Å². The number of likely N-dealkylation sites (tertiary alicyclic amines) is 1. The maximum atomic E-state index is 13.4. The Morgan fingerprint density at radius 2 is 1.86 bits per heavy atom. The minimum Gasteiger partial charge on any atom is -0.393 e. The number of aromatic nitrogens is 3. The lowest BCUT2D eigenvalue weighted by Crippen LogP contribution is -2.37. The molecule has 1 saturated heterocycles. The first kappa shape index (κ1) is 25.4. The van der Waals surface area contributed by atoms with Crippen molar-refractivity contribution in [3.8, 4) is 17.1 Å². The van der Waals surface area contributed by atoms with Crippen LogP contribution in [-0.4, -0.2) is 55.9 Å². The molecule has 1 N–H and O–H groups in total. The number of carbonyl (C=O) groups excluding carboxylic acids is 1. The van der Waals surface area contributed by atoms with Gasteiger partial charge in [0.25, 0.3) is 0 Å². The Morgan fingerprint density at radius 1 is 1.14 bits per heavy atom. The van der Waals surface area contributed by atoms with E-state index in [1.54, 1.807) is 18.2 Å². The second kappa shape index (κ2) is 11.3. The summed E-state index contributed by atoms with van der Waals surface area (Å²) in [6, 6.07) is 15.0. The van der Waals surface area contributed by atoms with Crippen LogP contribution in [0.2, 0.25) is 5.02 Å². The summed E-state index contributed by atoms with van der Waals surface area (Å²) < 4.78 is 2.80. The summed E-state index contributed by atoms with van der Waals surface area (Å²) in [5, 5.41) is 14.8. The molecule has 1 aliphatic heterocycles. The van der Waals surface area contributed by atoms with E-state index >= 15 is 0 Å². The summed E-state index contributed by atoms with van der Waals surface area (Å²) in [6.45, 7) is 6.73. The molecule has 0 unspecified atom stereocenters. The fourth-order valence-electron chi connectivity index (χ4n) is 4.48. The number of piperidine rings is 1. The minimum atomic E-state index is -0.350. The molecule has 186 valence electrons. The molecule has 0 saturated carbocycles. The molecule has 3 aromatic rings. The van der Waals surface area contributed by atoms with Crippen LogP contribution in [0.15, 0.2) is 53.3 Å². The number of rotatable bonds is 9. The Balaban J connectivity index is 1.57. The molecule has 0 bridgehead atoms. The second-order valence-electron chi connectivity index (χ2n) is 9.74. The van der Waals surface area contributed by atoms with Gasteiger partial charge in [-0.3, -0.25) is 9.36 Å². The van der Waals surface area contributed by atoms with Crippen molar-refractivity contribution >= 4 is 17.4 Å². The van der Waals surface area contributed by atoms with Gasteiger partial charge < -0.3 is 10.0 Å². The maximum absolute atomic E-state index is 13.4. The third-order valence-electron chi connectivity index (χ3n) is 6.37. The standard InChI is InChI=1S/C27H33ClN4O3/c1-19(2)16-25(34)18-31-26(21-4-3-5-22(28)17-21)29-32(27(31)35)23-8-6-20(7-9-23)10-13-30-14-11-24(33)12-15-30/h3-9,17,19,24,33H,10-16,18H2,1-2H3. The first-order chi connectivity index (χ1) is 16.8. The van der Waals surface area contributed by atoms with Crippen LogP contribution >= 0.6 is 11.6 Å². The third kappa shape index (κ3) is 6.48. The van der Waals surface area contributed by atoms with Gasteiger partial charge >= 0.3 is 5.69 Å². The zero-order valence-corrected chi connectivity index (χ0v) is 21.1. The molecule has 1 aliphatic rings. The van der Waals surface area contributed by atoms with E-state index in [1.807, 2.05) is 44.2 Å². The second-order valence-corrected chi connectivity index (χ2v) is 10.2. The average Bonchev–Trinajstić information content (AvgIpc) is 3.14. The van der Waals surface area contributed by atoms with E-state index in [2.05, 4.69) is 10.00 Å². The normalized spacial score (nSPS) is 15.1. The molecule has 7 nitrogen and oxygen atoms in total. The van der Waals surface area contributed by atoms with E-state index in [0.717, 1.165) is 38.9 Å². The first-order valence-electron chi connectivity index (χ1n) is 12.3. The number of halogens is 1. The summed E-state index contributed by atoms with van der Waals surface area (Å²) in [6.07, 6.45) is 2.80. The highest BCUT2D eigenvalue weighted by atomic mass is 35.5. The van der Waals surface area contributed by atoms with Gasteiger partial charge in [0.1, 0.15) is 0 Å². The van der Waals surface area contributed by atoms with E-state index in [0.29, 0.717) is 28.5 Å². The Labute approximate surface area is 211 Å². The van der Waals surface area contributed by atoms with Crippen LogP contribution in [-0.2, 0) is 17.8 Å². The Morgan fingerprint density at radius 3 is 2.51 bits per heavy atom. The molecule has 35 heavy (non-hydrogen) atoms. The van der Waals surface area contributed by atoms with Crippen LogP contribution < -0.4 is 5.69 Å². The molecule has 4 rings (SSSR count). The number of aliphatic hydroxyl groups excluding tert-OH is 1. The highest BCUT2D eigenvalue weighted by molar-refractivity contribution is 6.30. The fraction of sp³-hybridized carbons (Fsp3) is 0.444. The van der Waals surface area contributed by atoms with Crippen molar-refractivity contribution in [1.82, 2.24) is 19.2 Å². The highest BCUT2D eigenvalue weighted by Gasteiger charge is 2.20. The van der Waals surface area contributed by atoms with Gasteiger partial charge in [0.2, 0.25) is 0 Å². The van der Waals surface area contributed by atoms with Gasteiger partial charge in [0.05, 0.1) is 18.3 Å². The summed E-state index contributed by atoms with van der Waals surface area (Å²) in [5.41, 5.74) is 2.17. The lowest BCUT2D eigenvalue weighted by atomic mass is 10.1. The highest BCUT2D eigenvalue weighted by Crippen LogP contribution is 2.22. The Hall–Kier alpha value is -2.74. The summed E-state index contributed by atoms with van der Waals surface area (Å²) in [5.74, 6) is 0.627. The Bertz CT molecular complexity index is 1210. The lowest BCUT2D eigenvalue weighted by Gasteiger charge is -2.29. The summed E-state index contributed by atoms with van der Waals surface area (Å²) in [4.78, 5) is 28.3. The number of carbonyl (C=O) groups is 1. The van der Waals surface area contributed by atoms with E-state index in [4.69, 9.17) is 11.6 Å². The van der Waals surface area contributed by atoms with Crippen molar-refractivity contribution in [2.45, 2.75) is 52.2 Å². The van der Waals surface area contributed by atoms with E-state index in [-0.39, 0.29) is 30.0 Å². The van der Waals surface area contributed by atoms with Crippen LogP contribution in [0.5, 0.6) is 0 Å². The number of hydrogen-bond acceptors (Lipinski definition) is 5. The molecule has 1 aromatic heterocycles. The van der Waals surface area contributed by atoms with E-state index < -0.39 is 0 Å². The van der Waals surface area contributed by atoms with Gasteiger partial charge in [0, 0.05) is 36.6 Å². The zero-order valence-electron chi connectivity index (χ0n) is 20.4. The lowest BCUT2D eigenvalue weighted by molar-refractivity contribution is -0.120. The van der Waals surface area contributed by atoms with Gasteiger partial charge in [-0.15, -0.1) is 5.10 Å². The predicted molar refractivity (Wildman–Crippen MR) is 138 cm³/mol. The molecule has 8 heteroatoms. The minimum absolute atomic E-state index is 0.00879. The monoisotopic (exact) mass is 496 g/mol. The molecular formula is C27H33ClN4O3. The molecule has 2 heterocycles. The topological polar surface area (TPSA) is 80.4 Å². The molecule has 0 aliphatic carbocycles. The molecule has 0 amide bonds. The van der Waals surface area contributed by atoms with Crippen molar-refractivity contribution < 1.29 is 9.90 Å². The third-order valence-corrected chi connectivity index (χ3v) is 6.61. The summed E-state index contributed by atoms with van der Waals surface area (Å²) in [7, 11) is 0. The number of nitrogens with zero attached hydrogens (tertiary/aromatic N) is 4. The van der Waals surface area contributed by atoms with Gasteiger partial charge in [0.15, 0.2) is 11.6 Å².